The van der Waals surface area contributed by atoms with Gasteiger partial charge in [0.2, 0.25) is 0 Å². The van der Waals surface area contributed by atoms with Gasteiger partial charge in [-0.25, -0.2) is 0 Å². The van der Waals surface area contributed by atoms with E-state index in [9.17, 15) is 0 Å². The van der Waals surface area contributed by atoms with E-state index in [4.69, 9.17) is 4.74 Å². The molecule has 0 aliphatic carbocycles. The fourth-order valence-electron chi connectivity index (χ4n) is 2.15. The second kappa shape index (κ2) is 6.39. The number of hydrogen-bond acceptors (Lipinski definition) is 2. The van der Waals surface area contributed by atoms with Crippen molar-refractivity contribution < 1.29 is 4.74 Å². The van der Waals surface area contributed by atoms with Crippen LogP contribution < -0.4 is 5.32 Å². The van der Waals surface area contributed by atoms with Crippen LogP contribution in [-0.4, -0.2) is 26.8 Å². The Morgan fingerprint density at radius 3 is 3.00 bits per heavy atom. The zero-order chi connectivity index (χ0) is 9.52. The van der Waals surface area contributed by atoms with Crippen molar-refractivity contribution in [1.29, 1.82) is 0 Å². The van der Waals surface area contributed by atoms with Crippen LogP contribution in [0.2, 0.25) is 0 Å². The average molecular weight is 185 g/mol. The van der Waals surface area contributed by atoms with Crippen molar-refractivity contribution >= 4 is 0 Å². The molecule has 1 aliphatic heterocycles. The van der Waals surface area contributed by atoms with E-state index in [1.54, 1.807) is 7.11 Å². The molecule has 1 heterocycles. The molecule has 0 radical (unpaired) electrons. The number of piperidine rings is 1. The van der Waals surface area contributed by atoms with Gasteiger partial charge in [0, 0.05) is 13.7 Å². The van der Waals surface area contributed by atoms with Crippen molar-refractivity contribution in [2.75, 3.05) is 26.8 Å². The van der Waals surface area contributed by atoms with Crippen molar-refractivity contribution in [3.63, 3.8) is 0 Å². The molecule has 1 N–H and O–H groups in total. The first-order chi connectivity index (χ1) is 6.34. The zero-order valence-corrected chi connectivity index (χ0v) is 9.01. The number of hydrogen-bond donors (Lipinski definition) is 1. The van der Waals surface area contributed by atoms with Crippen LogP contribution in [0.15, 0.2) is 0 Å². The van der Waals surface area contributed by atoms with Gasteiger partial charge in [-0.2, -0.15) is 0 Å². The van der Waals surface area contributed by atoms with E-state index < -0.39 is 0 Å². The Labute approximate surface area is 82.0 Å². The molecule has 1 fully saturated rings. The van der Waals surface area contributed by atoms with Gasteiger partial charge in [-0.1, -0.05) is 6.92 Å². The first-order valence-electron chi connectivity index (χ1n) is 5.54. The third-order valence-corrected chi connectivity index (χ3v) is 3.15. The maximum Gasteiger partial charge on any atom is 0.0462 e. The SMILES string of the molecule is COCCCC(C)C1CCCNC1. The van der Waals surface area contributed by atoms with Gasteiger partial charge in [0.1, 0.15) is 0 Å². The first-order valence-corrected chi connectivity index (χ1v) is 5.54. The highest BCUT2D eigenvalue weighted by molar-refractivity contribution is 4.73. The van der Waals surface area contributed by atoms with E-state index in [-0.39, 0.29) is 0 Å². The highest BCUT2D eigenvalue weighted by Gasteiger charge is 2.18. The molecule has 0 spiro atoms. The number of nitrogens with one attached hydrogen (secondary N) is 1. The summed E-state index contributed by atoms with van der Waals surface area (Å²) in [7, 11) is 1.78. The minimum Gasteiger partial charge on any atom is -0.385 e. The molecule has 0 aromatic carbocycles. The molecule has 2 unspecified atom stereocenters. The van der Waals surface area contributed by atoms with Crippen LogP contribution in [0.3, 0.4) is 0 Å². The molecule has 1 aliphatic rings. The summed E-state index contributed by atoms with van der Waals surface area (Å²) in [5.74, 6) is 1.77. The summed E-state index contributed by atoms with van der Waals surface area (Å²) >= 11 is 0. The number of rotatable bonds is 5. The van der Waals surface area contributed by atoms with Gasteiger partial charge in [-0.15, -0.1) is 0 Å². The van der Waals surface area contributed by atoms with Gasteiger partial charge in [-0.3, -0.25) is 0 Å². The molecule has 2 heteroatoms. The van der Waals surface area contributed by atoms with Gasteiger partial charge in [0.25, 0.3) is 0 Å². The van der Waals surface area contributed by atoms with Gasteiger partial charge >= 0.3 is 0 Å². The maximum absolute atomic E-state index is 5.06. The minimum absolute atomic E-state index is 0.864. The van der Waals surface area contributed by atoms with E-state index in [2.05, 4.69) is 12.2 Å². The first kappa shape index (κ1) is 11.0. The lowest BCUT2D eigenvalue weighted by Gasteiger charge is -2.28. The molecule has 13 heavy (non-hydrogen) atoms. The molecule has 2 atom stereocenters. The van der Waals surface area contributed by atoms with Crippen LogP contribution >= 0.6 is 0 Å². The molecule has 0 amide bonds. The topological polar surface area (TPSA) is 21.3 Å². The zero-order valence-electron chi connectivity index (χ0n) is 9.01. The van der Waals surface area contributed by atoms with Crippen molar-refractivity contribution in [3.05, 3.63) is 0 Å². The highest BCUT2D eigenvalue weighted by atomic mass is 16.5. The molecule has 78 valence electrons. The van der Waals surface area contributed by atoms with Crippen LogP contribution in [0.25, 0.3) is 0 Å². The lowest BCUT2D eigenvalue weighted by atomic mass is 9.85. The molecule has 0 aromatic rings. The minimum atomic E-state index is 0.864. The van der Waals surface area contributed by atoms with Gasteiger partial charge < -0.3 is 10.1 Å². The van der Waals surface area contributed by atoms with Gasteiger partial charge in [0.15, 0.2) is 0 Å². The van der Waals surface area contributed by atoms with E-state index in [0.717, 1.165) is 18.4 Å². The van der Waals surface area contributed by atoms with Crippen LogP contribution in [0, 0.1) is 11.8 Å². The monoisotopic (exact) mass is 185 g/mol. The molecular weight excluding hydrogens is 162 g/mol. The fraction of sp³-hybridized carbons (Fsp3) is 1.00. The van der Waals surface area contributed by atoms with E-state index in [1.165, 1.54) is 38.8 Å². The molecule has 0 saturated carbocycles. The highest BCUT2D eigenvalue weighted by Crippen LogP contribution is 2.23. The largest absolute Gasteiger partial charge is 0.385 e. The summed E-state index contributed by atoms with van der Waals surface area (Å²) in [5, 5.41) is 3.47. The predicted octanol–water partition coefficient (Wildman–Crippen LogP) is 2.05. The quantitative estimate of drug-likeness (QED) is 0.662. The average Bonchev–Trinajstić information content (AvgIpc) is 2.19. The predicted molar refractivity (Wildman–Crippen MR) is 55.9 cm³/mol. The molecule has 1 rings (SSSR count). The fourth-order valence-corrected chi connectivity index (χ4v) is 2.15. The van der Waals surface area contributed by atoms with Gasteiger partial charge in [0.05, 0.1) is 0 Å². The van der Waals surface area contributed by atoms with Gasteiger partial charge in [-0.05, 0) is 50.6 Å². The van der Waals surface area contributed by atoms with Crippen molar-refractivity contribution in [2.24, 2.45) is 11.8 Å². The smallest absolute Gasteiger partial charge is 0.0462 e. The summed E-state index contributed by atoms with van der Waals surface area (Å²) in [6.45, 7) is 5.76. The third kappa shape index (κ3) is 4.10. The lowest BCUT2D eigenvalue weighted by molar-refractivity contribution is 0.176. The Bertz CT molecular complexity index is 121. The lowest BCUT2D eigenvalue weighted by Crippen LogP contribution is -2.33. The summed E-state index contributed by atoms with van der Waals surface area (Å²) in [5.41, 5.74) is 0. The molecule has 1 saturated heterocycles. The second-order valence-electron chi connectivity index (χ2n) is 4.22. The Morgan fingerprint density at radius 1 is 1.54 bits per heavy atom. The van der Waals surface area contributed by atoms with Crippen LogP contribution in [0.4, 0.5) is 0 Å². The Hall–Kier alpha value is -0.0800. The van der Waals surface area contributed by atoms with Crippen LogP contribution in [0.1, 0.15) is 32.6 Å². The molecule has 0 aromatic heterocycles. The number of methoxy groups -OCH3 is 1. The Morgan fingerprint density at radius 2 is 2.38 bits per heavy atom. The molecular formula is C11H23NO. The van der Waals surface area contributed by atoms with Crippen LogP contribution in [-0.2, 0) is 4.74 Å². The van der Waals surface area contributed by atoms with E-state index >= 15 is 0 Å². The van der Waals surface area contributed by atoms with Crippen molar-refractivity contribution in [2.45, 2.75) is 32.6 Å². The summed E-state index contributed by atoms with van der Waals surface area (Å²) in [6.07, 6.45) is 5.31. The van der Waals surface area contributed by atoms with Crippen molar-refractivity contribution in [3.8, 4) is 0 Å². The molecule has 0 bridgehead atoms. The van der Waals surface area contributed by atoms with E-state index in [0.29, 0.717) is 0 Å². The summed E-state index contributed by atoms with van der Waals surface area (Å²) in [4.78, 5) is 0. The van der Waals surface area contributed by atoms with Crippen LogP contribution in [0.5, 0.6) is 0 Å². The third-order valence-electron chi connectivity index (χ3n) is 3.15. The second-order valence-corrected chi connectivity index (χ2v) is 4.22. The number of ether oxygens (including phenoxy) is 1. The Balaban J connectivity index is 2.09. The molecule has 2 nitrogen and oxygen atoms in total. The van der Waals surface area contributed by atoms with Crippen molar-refractivity contribution in [1.82, 2.24) is 5.32 Å². The maximum atomic E-state index is 5.06. The standard InChI is InChI=1S/C11H23NO/c1-10(5-4-8-13-2)11-6-3-7-12-9-11/h10-12H,3-9H2,1-2H3. The normalized spacial score (nSPS) is 25.8. The Kier molecular flexibility index (Phi) is 5.40. The summed E-state index contributed by atoms with van der Waals surface area (Å²) < 4.78 is 5.06. The summed E-state index contributed by atoms with van der Waals surface area (Å²) in [6, 6.07) is 0. The van der Waals surface area contributed by atoms with E-state index in [1.807, 2.05) is 0 Å².